The summed E-state index contributed by atoms with van der Waals surface area (Å²) in [5.74, 6) is -3.41. The monoisotopic (exact) mass is 2190 g/mol. The molecule has 1 fully saturated rings. The molecule has 758 valence electrons. The van der Waals surface area contributed by atoms with E-state index in [9.17, 15) is 125 Å². The van der Waals surface area contributed by atoms with Gasteiger partial charge in [0.15, 0.2) is 5.54 Å². The van der Waals surface area contributed by atoms with Crippen molar-refractivity contribution in [2.75, 3.05) is 81.7 Å². The number of fused-ring (bicyclic) bond motifs is 2. The van der Waals surface area contributed by atoms with Crippen LogP contribution in [0, 0.1) is 13.8 Å². The first-order valence-electron chi connectivity index (χ1n) is 41.9. The minimum atomic E-state index is -5.45. The molecule has 1 aliphatic heterocycles. The summed E-state index contributed by atoms with van der Waals surface area (Å²) in [4.78, 5) is 98.2. The Hall–Kier alpha value is -12.9. The van der Waals surface area contributed by atoms with Crippen LogP contribution in [0.3, 0.4) is 0 Å². The molecular weight excluding hydrogens is 2090 g/mol. The van der Waals surface area contributed by atoms with Gasteiger partial charge in [0.1, 0.15) is 25.4 Å². The van der Waals surface area contributed by atoms with Gasteiger partial charge in [0.05, 0.1) is 26.6 Å². The van der Waals surface area contributed by atoms with Crippen molar-refractivity contribution >= 4 is 218 Å². The number of carbonyl (C=O) groups is 7. The molecule has 143 heavy (non-hydrogen) atoms. The normalized spacial score (nSPS) is 14.1. The Balaban J connectivity index is 0.000000292. The molecule has 23 N–H and O–H groups in total. The van der Waals surface area contributed by atoms with Gasteiger partial charge in [0.2, 0.25) is 0 Å². The number of nitrogens with one attached hydrogen (secondary N) is 7. The fraction of sp³-hybridized carbons (Fsp3) is 0.200. The molecule has 0 radical (unpaired) electrons. The molecule has 6 amide bonds. The molecule has 13 rings (SSSR count). The van der Waals surface area contributed by atoms with E-state index >= 15 is 0 Å². The number of aliphatic carboxylic acids is 1. The van der Waals surface area contributed by atoms with Gasteiger partial charge >= 0.3 is 151 Å². The maximum absolute atomic E-state index is 13.7. The molecule has 1 aliphatic rings. The number of carboxylic acids is 1. The first-order chi connectivity index (χ1) is 66.9. The fourth-order valence-corrected chi connectivity index (χ4v) is 33.7. The number of amides is 6. The van der Waals surface area contributed by atoms with Crippen molar-refractivity contribution in [2.45, 2.75) is 111 Å². The molecule has 53 heteroatoms. The number of ketones is 1. The Morgan fingerprint density at radius 2 is 0.902 bits per heavy atom. The third-order valence-electron chi connectivity index (χ3n) is 21.7. The van der Waals surface area contributed by atoms with Gasteiger partial charge in [-0.2, -0.15) is 50.5 Å². The van der Waals surface area contributed by atoms with Crippen molar-refractivity contribution in [1.29, 1.82) is 0 Å². The van der Waals surface area contributed by atoms with E-state index in [2.05, 4.69) is 114 Å². The number of urea groups is 1. The van der Waals surface area contributed by atoms with Crippen molar-refractivity contribution < 1.29 is 130 Å². The molecule has 12 aromatic rings. The zero-order chi connectivity index (χ0) is 106. The third-order valence-corrected chi connectivity index (χ3v) is 40.9. The van der Waals surface area contributed by atoms with Crippen LogP contribution < -0.4 is 64.5 Å². The standard InChI is InChI=1S/C51H40N6O23S6.C21H27NO.C12H15AsN6OS2.C6H12F2N2O2/c1-25-9-11-29(49(60)54-37-13-15-41(83(69,70)71)35-21-33(81(63,64)65)23-43(45(35)37)85(75,76)77)19-39(25)56-47(58)27-5-3-7-31(17-27)52-51(62)53-32-8-4-6-28(18-32)48(59)57-40-20-30(12-10-26(40)2)50(61)55-38-14-16-42(84(72,73)74)36-22-34(82(66,67)68)24-44(46(36)38)86(78,79)80;1-5-20(23)21(16-17(2)22(3)4,18-12-8-6-9-13-18)19-14-10-7-11-15-19;14-10-17-11(15)19-12(18-10)16-8-3-1-7(2-4-8)13-21-6-9(5-20)22-13;7-4(8)6(10,5(11)12)2-1-3-9/h3-24H,1-2H3,(H,54,60)(H,55,61)(H,56,58)(H,57,59)(H2,52,53,62)(H,63,64,65)(H,66,67,68)(H,69,70,71)(H,72,73,74)(H,75,76,77)(H,78,79,80);6-15,17H,5,16H2,1-4H3;1-4,9,20H,5-6H2,(H5,14,15,16,17,18,19);4H,1-3,9-10H2,(H,11,12). The van der Waals surface area contributed by atoms with E-state index in [1.165, 1.54) is 89.3 Å². The number of aryl methyl sites for hydroxylation is 2. The van der Waals surface area contributed by atoms with Gasteiger partial charge in [-0.1, -0.05) is 91.9 Å². The van der Waals surface area contributed by atoms with Crippen LogP contribution in [0.5, 0.6) is 0 Å². The van der Waals surface area contributed by atoms with Gasteiger partial charge in [-0.3, -0.25) is 51.3 Å². The number of rotatable bonds is 32. The second-order valence-corrected chi connectivity index (χ2v) is 51.8. The average Bonchev–Trinajstić information content (AvgIpc) is 1.02. The van der Waals surface area contributed by atoms with Crippen LogP contribution in [-0.4, -0.2) is 218 Å². The molecule has 4 unspecified atom stereocenters. The van der Waals surface area contributed by atoms with Crippen LogP contribution in [0.15, 0.2) is 248 Å². The number of anilines is 10. The first kappa shape index (κ1) is 112. The number of aromatic nitrogens is 3. The topological polar surface area (TPSA) is 716 Å². The van der Waals surface area contributed by atoms with E-state index in [1.54, 1.807) is 13.8 Å². The quantitative estimate of drug-likeness (QED) is 0.0138. The second-order valence-electron chi connectivity index (χ2n) is 31.9. The van der Waals surface area contributed by atoms with Gasteiger partial charge in [0.25, 0.3) is 90.8 Å². The number of nitrogens with zero attached hydrogens (tertiary/aromatic N) is 4. The molecule has 11 aromatic carbocycles. The van der Waals surface area contributed by atoms with E-state index in [0.717, 1.165) is 41.1 Å². The minimum absolute atomic E-state index is 0.0223. The average molecular weight is 2190 g/mol. The number of benzene rings is 11. The Labute approximate surface area is 829 Å². The summed E-state index contributed by atoms with van der Waals surface area (Å²) in [5.41, 5.74) is 20.7. The van der Waals surface area contributed by atoms with E-state index in [1.807, 2.05) is 75.5 Å². The number of hydrogen-bond acceptors (Lipinski definition) is 31. The summed E-state index contributed by atoms with van der Waals surface area (Å²) >= 11 is -1.14. The van der Waals surface area contributed by atoms with E-state index in [4.69, 9.17) is 28.0 Å². The second kappa shape index (κ2) is 46.6. The Morgan fingerprint density at radius 1 is 0.497 bits per heavy atom. The van der Waals surface area contributed by atoms with Crippen LogP contribution >= 0.6 is 20.0 Å². The van der Waals surface area contributed by atoms with Crippen molar-refractivity contribution in [1.82, 2.24) is 19.9 Å². The van der Waals surface area contributed by atoms with Gasteiger partial charge in [-0.15, -0.1) is 0 Å². The van der Waals surface area contributed by atoms with Crippen LogP contribution in [0.2, 0.25) is 0 Å². The van der Waals surface area contributed by atoms with Gasteiger partial charge < -0.3 is 53.4 Å². The van der Waals surface area contributed by atoms with E-state index in [-0.39, 0.29) is 88.7 Å². The number of carboxylic acid groups (broad SMARTS) is 1. The predicted octanol–water partition coefficient (Wildman–Crippen LogP) is 11.1. The Kier molecular flexibility index (Phi) is 36.5. The number of carbonyl (C=O) groups excluding carboxylic acids is 6. The molecular formula is C90H94AsF2N15O27S8. The number of Topliss-reactive ketones (excluding diaryl/α,β-unsaturated/α-hetero) is 1. The molecule has 2 heterocycles. The van der Waals surface area contributed by atoms with Gasteiger partial charge in [0, 0.05) is 79.0 Å². The van der Waals surface area contributed by atoms with E-state index in [0.29, 0.717) is 71.2 Å². The van der Waals surface area contributed by atoms with Crippen LogP contribution in [0.25, 0.3) is 21.5 Å². The van der Waals surface area contributed by atoms with Gasteiger partial charge in [-0.05, 0) is 192 Å². The summed E-state index contributed by atoms with van der Waals surface area (Å²) in [7, 11) is -23.8. The molecule has 0 saturated carbocycles. The maximum atomic E-state index is 13.7. The zero-order valence-corrected chi connectivity index (χ0v) is 84.3. The Morgan fingerprint density at radius 3 is 1.26 bits per heavy atom. The summed E-state index contributed by atoms with van der Waals surface area (Å²) in [6.45, 7) is 7.68. The molecule has 0 spiro atoms. The van der Waals surface area contributed by atoms with Crippen LogP contribution in [0.1, 0.15) is 103 Å². The Bertz CT molecular complexity index is 7290. The molecule has 1 saturated heterocycles. The summed E-state index contributed by atoms with van der Waals surface area (Å²) in [6, 6.07) is 51.5. The van der Waals surface area contributed by atoms with Crippen LogP contribution in [0.4, 0.5) is 71.2 Å². The van der Waals surface area contributed by atoms with Crippen molar-refractivity contribution in [3.63, 3.8) is 0 Å². The molecule has 42 nitrogen and oxygen atoms in total. The zero-order valence-electron chi connectivity index (χ0n) is 75.9. The SMILES string of the molecule is CCC(=O)C(CC(C)N(C)C)(c1ccccc1)c1ccccc1.Cc1ccc(C(=O)Nc2ccc(S(=O)(=O)O)c3cc(S(=O)(=O)O)cc(S(=O)(=O)O)c23)cc1NC(=O)c1cccc(NC(=O)Nc2cccc(C(=O)Nc3cc(C(=O)Nc4ccc(S(=O)(=O)O)c5cc(S(=O)(=O)O)cc(S(=O)(=O)O)c45)ccc3C)c2)c1.NCCCC(N)(C(=O)O)C(F)F.Nc1nc(N)nc(Nc2ccc([As]3SCC(CO)S3)cc2)n1. The van der Waals surface area contributed by atoms with Crippen molar-refractivity contribution in [3.8, 4) is 0 Å². The number of nitrogens with two attached hydrogens (primary N) is 4. The van der Waals surface area contributed by atoms with Crippen LogP contribution in [-0.2, 0) is 75.7 Å². The molecule has 0 bridgehead atoms. The van der Waals surface area contributed by atoms with Crippen molar-refractivity contribution in [3.05, 3.63) is 263 Å². The number of nitrogen functional groups attached to an aromatic ring is 2. The fourth-order valence-electron chi connectivity index (χ4n) is 14.2. The number of aliphatic hydroxyl groups excluding tert-OH is 1. The van der Waals surface area contributed by atoms with Crippen molar-refractivity contribution in [2.24, 2.45) is 11.5 Å². The number of hydrogen-bond donors (Lipinski definition) is 19. The number of halogens is 2. The third kappa shape index (κ3) is 28.6. The van der Waals surface area contributed by atoms with E-state index < -0.39 is 188 Å². The first-order valence-corrected chi connectivity index (χ1v) is 57.8. The molecule has 4 atom stereocenters. The molecule has 1 aromatic heterocycles. The van der Waals surface area contributed by atoms with Gasteiger partial charge in [-0.25, -0.2) is 18.4 Å². The predicted molar refractivity (Wildman–Crippen MR) is 537 cm³/mol. The summed E-state index contributed by atoms with van der Waals surface area (Å²) < 4.78 is 232. The molecule has 0 aliphatic carbocycles. The summed E-state index contributed by atoms with van der Waals surface area (Å²) in [5, 5.41) is 32.8. The summed E-state index contributed by atoms with van der Waals surface area (Å²) in [6.07, 6.45) is -1.89. The number of aliphatic hydroxyl groups is 1. The number of alkyl halides is 2.